The predicted octanol–water partition coefficient (Wildman–Crippen LogP) is 1.80. The van der Waals surface area contributed by atoms with Crippen molar-refractivity contribution in [3.05, 3.63) is 41.1 Å². The maximum Gasteiger partial charge on any atom is 0.382 e. The second kappa shape index (κ2) is 12.2. The second-order valence-corrected chi connectivity index (χ2v) is 11.2. The number of aliphatic hydroxyl groups excluding tert-OH is 2. The van der Waals surface area contributed by atoms with Crippen LogP contribution in [-0.4, -0.2) is 65.0 Å². The van der Waals surface area contributed by atoms with Crippen molar-refractivity contribution in [2.24, 2.45) is 22.7 Å². The predicted molar refractivity (Wildman–Crippen MR) is 138 cm³/mol. The van der Waals surface area contributed by atoms with Crippen LogP contribution in [-0.2, 0) is 24.0 Å². The minimum Gasteiger partial charge on any atom is -0.437 e. The molecule has 0 amide bonds. The first kappa shape index (κ1) is 30.2. The standard InChI is InChI=1S/C24H33ClN4O8S/c1-4-14(3)24(26,23(32)37-38(27,33)34)9-15-12-35-18(22(31)21(15)30)7-13(2)8-20-29-11-19(36-20)16-10-28-6-5-17(16)25/h5-6,8,10-11,14-15,18,21-22,30-31H,4,7,9,12,26H2,1-3H3,(H2,27,33,34)/b13-8+/t14-,15+,18-,21+,22-,24-/m0/s1. The van der Waals surface area contributed by atoms with Gasteiger partial charge in [-0.1, -0.05) is 37.4 Å². The van der Waals surface area contributed by atoms with Crippen LogP contribution in [0.5, 0.6) is 0 Å². The van der Waals surface area contributed by atoms with E-state index in [2.05, 4.69) is 14.2 Å². The van der Waals surface area contributed by atoms with Gasteiger partial charge < -0.3 is 29.3 Å². The van der Waals surface area contributed by atoms with Crippen LogP contribution in [0, 0.1) is 11.8 Å². The lowest BCUT2D eigenvalue weighted by Gasteiger charge is -2.42. The Bertz CT molecular complexity index is 1270. The number of halogens is 1. The lowest BCUT2D eigenvalue weighted by atomic mass is 9.74. The number of carbonyl (C=O) groups excluding carboxylic acids is 1. The maximum atomic E-state index is 12.6. The molecule has 0 aliphatic carbocycles. The number of carbonyl (C=O) groups is 1. The molecule has 210 valence electrons. The molecule has 2 aromatic heterocycles. The first-order chi connectivity index (χ1) is 17.7. The molecule has 1 aliphatic heterocycles. The Morgan fingerprint density at radius 1 is 1.37 bits per heavy atom. The minimum atomic E-state index is -4.58. The summed E-state index contributed by atoms with van der Waals surface area (Å²) in [7, 11) is -4.58. The van der Waals surface area contributed by atoms with Crippen LogP contribution in [0.1, 0.15) is 45.9 Å². The van der Waals surface area contributed by atoms with Crippen molar-refractivity contribution in [3.63, 3.8) is 0 Å². The lowest BCUT2D eigenvalue weighted by molar-refractivity contribution is -0.171. The summed E-state index contributed by atoms with van der Waals surface area (Å²) < 4.78 is 38.6. The molecule has 0 unspecified atom stereocenters. The zero-order valence-electron chi connectivity index (χ0n) is 21.3. The Morgan fingerprint density at radius 2 is 2.08 bits per heavy atom. The van der Waals surface area contributed by atoms with E-state index in [-0.39, 0.29) is 19.4 Å². The summed E-state index contributed by atoms with van der Waals surface area (Å²) in [6, 6.07) is 1.64. The van der Waals surface area contributed by atoms with Gasteiger partial charge in [-0.3, -0.25) is 4.98 Å². The molecule has 3 rings (SSSR count). The molecule has 0 radical (unpaired) electrons. The molecule has 0 bridgehead atoms. The van der Waals surface area contributed by atoms with Gasteiger partial charge in [-0.15, -0.1) is 0 Å². The smallest absolute Gasteiger partial charge is 0.382 e. The summed E-state index contributed by atoms with van der Waals surface area (Å²) in [4.78, 5) is 20.9. The van der Waals surface area contributed by atoms with E-state index in [1.807, 2.05) is 0 Å². The Morgan fingerprint density at radius 3 is 2.71 bits per heavy atom. The minimum absolute atomic E-state index is 0.0309. The van der Waals surface area contributed by atoms with Gasteiger partial charge in [0, 0.05) is 18.3 Å². The van der Waals surface area contributed by atoms with E-state index >= 15 is 0 Å². The number of oxazole rings is 1. The molecule has 1 saturated heterocycles. The highest BCUT2D eigenvalue weighted by Gasteiger charge is 2.48. The number of ether oxygens (including phenoxy) is 1. The maximum absolute atomic E-state index is 12.6. The van der Waals surface area contributed by atoms with Gasteiger partial charge in [0.2, 0.25) is 5.89 Å². The first-order valence-corrected chi connectivity index (χ1v) is 13.9. The van der Waals surface area contributed by atoms with Gasteiger partial charge >= 0.3 is 16.3 Å². The molecule has 0 aromatic carbocycles. The van der Waals surface area contributed by atoms with Gasteiger partial charge in [-0.05, 0) is 37.8 Å². The molecule has 6 atom stereocenters. The van der Waals surface area contributed by atoms with Crippen molar-refractivity contribution in [2.75, 3.05) is 6.61 Å². The highest BCUT2D eigenvalue weighted by molar-refractivity contribution is 7.84. The second-order valence-electron chi connectivity index (χ2n) is 9.64. The number of aliphatic hydroxyl groups is 2. The fourth-order valence-electron chi connectivity index (χ4n) is 4.39. The molecular weight excluding hydrogens is 540 g/mol. The average Bonchev–Trinajstić information content (AvgIpc) is 3.30. The number of aromatic nitrogens is 2. The van der Waals surface area contributed by atoms with E-state index in [1.54, 1.807) is 45.3 Å². The van der Waals surface area contributed by atoms with Crippen LogP contribution in [0.2, 0.25) is 5.02 Å². The molecular formula is C24H33ClN4O8S. The van der Waals surface area contributed by atoms with E-state index in [4.69, 9.17) is 31.6 Å². The van der Waals surface area contributed by atoms with Crippen molar-refractivity contribution in [1.82, 2.24) is 9.97 Å². The van der Waals surface area contributed by atoms with Crippen molar-refractivity contribution >= 4 is 34.0 Å². The zero-order valence-corrected chi connectivity index (χ0v) is 22.9. The Balaban J connectivity index is 1.68. The summed E-state index contributed by atoms with van der Waals surface area (Å²) in [5.74, 6) is -1.75. The third-order valence-electron chi connectivity index (χ3n) is 6.85. The summed E-state index contributed by atoms with van der Waals surface area (Å²) in [5.41, 5.74) is 5.89. The Hall–Kier alpha value is -2.39. The van der Waals surface area contributed by atoms with Crippen molar-refractivity contribution in [1.29, 1.82) is 0 Å². The molecule has 1 fully saturated rings. The molecule has 6 N–H and O–H groups in total. The number of pyridine rings is 1. The van der Waals surface area contributed by atoms with E-state index < -0.39 is 52.0 Å². The Kier molecular flexibility index (Phi) is 9.68. The van der Waals surface area contributed by atoms with Gasteiger partial charge in [0.05, 0.1) is 35.6 Å². The molecule has 1 aliphatic rings. The monoisotopic (exact) mass is 572 g/mol. The van der Waals surface area contributed by atoms with Crippen LogP contribution >= 0.6 is 11.6 Å². The van der Waals surface area contributed by atoms with Crippen LogP contribution < -0.4 is 10.9 Å². The third-order valence-corrected chi connectivity index (χ3v) is 7.56. The molecule has 3 heterocycles. The van der Waals surface area contributed by atoms with E-state index in [0.29, 0.717) is 28.7 Å². The lowest BCUT2D eigenvalue weighted by Crippen LogP contribution is -2.59. The van der Waals surface area contributed by atoms with Gasteiger partial charge in [0.15, 0.2) is 5.76 Å². The molecule has 0 saturated carbocycles. The summed E-state index contributed by atoms with van der Waals surface area (Å²) in [6.45, 7) is 5.19. The summed E-state index contributed by atoms with van der Waals surface area (Å²) in [6.07, 6.45) is 3.47. The third kappa shape index (κ3) is 7.17. The van der Waals surface area contributed by atoms with E-state index in [0.717, 1.165) is 5.57 Å². The van der Waals surface area contributed by atoms with Gasteiger partial charge in [0.1, 0.15) is 11.6 Å². The molecule has 2 aromatic rings. The zero-order chi connectivity index (χ0) is 28.3. The fourth-order valence-corrected chi connectivity index (χ4v) is 4.96. The molecule has 14 heteroatoms. The molecule has 0 spiro atoms. The van der Waals surface area contributed by atoms with Gasteiger partial charge in [0.25, 0.3) is 0 Å². The molecule has 38 heavy (non-hydrogen) atoms. The van der Waals surface area contributed by atoms with Gasteiger partial charge in [-0.2, -0.15) is 13.6 Å². The summed E-state index contributed by atoms with van der Waals surface area (Å²) in [5, 5.41) is 27.0. The Labute approximate surface area is 226 Å². The highest BCUT2D eigenvalue weighted by atomic mass is 35.5. The van der Waals surface area contributed by atoms with Crippen molar-refractivity contribution in [3.8, 4) is 11.3 Å². The normalized spacial score (nSPS) is 25.0. The topological polar surface area (TPSA) is 201 Å². The van der Waals surface area contributed by atoms with Crippen LogP contribution in [0.4, 0.5) is 0 Å². The average molecular weight is 573 g/mol. The molecule has 12 nitrogen and oxygen atoms in total. The van der Waals surface area contributed by atoms with Gasteiger partial charge in [-0.25, -0.2) is 9.78 Å². The fraction of sp³-hybridized carbons (Fsp3) is 0.542. The highest BCUT2D eigenvalue weighted by Crippen LogP contribution is 2.34. The van der Waals surface area contributed by atoms with Crippen LogP contribution in [0.15, 0.2) is 34.6 Å². The van der Waals surface area contributed by atoms with E-state index in [1.165, 1.54) is 6.20 Å². The number of hydrogen-bond donors (Lipinski definition) is 4. The summed E-state index contributed by atoms with van der Waals surface area (Å²) >= 11 is 6.18. The number of rotatable bonds is 10. The SMILES string of the molecule is CC[C@H](C)[C@@](N)(C[C@@H]1CO[C@@H](C/C(C)=C/c2ncc(-c3cnccc3Cl)o2)[C@H](O)[C@@H]1O)C(=O)OS(N)(=O)=O. The quantitative estimate of drug-likeness (QED) is 0.323. The van der Waals surface area contributed by atoms with Crippen LogP contribution in [0.25, 0.3) is 17.4 Å². The van der Waals surface area contributed by atoms with Crippen molar-refractivity contribution < 1.29 is 36.8 Å². The number of nitrogens with zero attached hydrogens (tertiary/aromatic N) is 2. The number of nitrogens with two attached hydrogens (primary N) is 2. The van der Waals surface area contributed by atoms with Crippen LogP contribution in [0.3, 0.4) is 0 Å². The number of hydrogen-bond acceptors (Lipinski definition) is 11. The van der Waals surface area contributed by atoms with E-state index in [9.17, 15) is 23.4 Å². The largest absolute Gasteiger partial charge is 0.437 e. The van der Waals surface area contributed by atoms with Crippen molar-refractivity contribution in [2.45, 2.75) is 63.9 Å². The first-order valence-electron chi connectivity index (χ1n) is 12.0.